The first-order valence-corrected chi connectivity index (χ1v) is 9.46. The maximum Gasteiger partial charge on any atom is 0.317 e. The van der Waals surface area contributed by atoms with E-state index in [0.29, 0.717) is 17.9 Å². The van der Waals surface area contributed by atoms with Crippen LogP contribution in [-0.2, 0) is 10.3 Å². The molecule has 0 spiro atoms. The van der Waals surface area contributed by atoms with Crippen molar-refractivity contribution in [1.29, 1.82) is 0 Å². The van der Waals surface area contributed by atoms with E-state index in [-0.39, 0.29) is 11.6 Å². The molecule has 140 valence electrons. The Morgan fingerprint density at radius 2 is 2.16 bits per heavy atom. The van der Waals surface area contributed by atoms with Crippen LogP contribution in [0.1, 0.15) is 58.1 Å². The summed E-state index contributed by atoms with van der Waals surface area (Å²) in [5, 5.41) is 3.12. The van der Waals surface area contributed by atoms with Gasteiger partial charge in [-0.15, -0.1) is 0 Å². The average molecular weight is 348 g/mol. The largest absolute Gasteiger partial charge is 0.381 e. The summed E-state index contributed by atoms with van der Waals surface area (Å²) in [6.45, 7) is 8.96. The molecule has 25 heavy (non-hydrogen) atoms. The fraction of sp³-hybridized carbons (Fsp3) is 0.789. The number of ether oxygens (including phenoxy) is 1. The van der Waals surface area contributed by atoms with Crippen molar-refractivity contribution in [1.82, 2.24) is 19.8 Å². The van der Waals surface area contributed by atoms with Crippen molar-refractivity contribution in [2.75, 3.05) is 26.7 Å². The molecule has 6 nitrogen and oxygen atoms in total. The zero-order chi connectivity index (χ0) is 18.0. The Labute approximate surface area is 150 Å². The number of nitrogens with zero attached hydrogens (tertiary/aromatic N) is 3. The van der Waals surface area contributed by atoms with Crippen LogP contribution in [0.3, 0.4) is 0 Å². The van der Waals surface area contributed by atoms with Crippen LogP contribution in [0.15, 0.2) is 12.5 Å². The van der Waals surface area contributed by atoms with Crippen LogP contribution in [0.5, 0.6) is 0 Å². The first-order chi connectivity index (χ1) is 11.9. The molecule has 1 aromatic heterocycles. The number of nitrogens with one attached hydrogen (secondary N) is 1. The summed E-state index contributed by atoms with van der Waals surface area (Å²) in [6.07, 6.45) is 8.55. The number of urea groups is 1. The maximum absolute atomic E-state index is 12.6. The lowest BCUT2D eigenvalue weighted by molar-refractivity contribution is 0.00201. The van der Waals surface area contributed by atoms with E-state index in [2.05, 4.69) is 35.6 Å². The number of methoxy groups -OCH3 is 1. The third-order valence-corrected chi connectivity index (χ3v) is 5.58. The molecule has 1 unspecified atom stereocenters. The summed E-state index contributed by atoms with van der Waals surface area (Å²) >= 11 is 0. The smallest absolute Gasteiger partial charge is 0.317 e. The summed E-state index contributed by atoms with van der Waals surface area (Å²) in [6, 6.07) is 0.0763. The summed E-state index contributed by atoms with van der Waals surface area (Å²) in [5.41, 5.74) is 1.25. The van der Waals surface area contributed by atoms with E-state index in [1.54, 1.807) is 7.11 Å². The van der Waals surface area contributed by atoms with Gasteiger partial charge in [0.25, 0.3) is 0 Å². The molecule has 1 saturated carbocycles. The summed E-state index contributed by atoms with van der Waals surface area (Å²) in [5.74, 6) is 0.930. The number of likely N-dealkylation sites (tertiary alicyclic amines) is 1. The van der Waals surface area contributed by atoms with Crippen LogP contribution >= 0.6 is 0 Å². The topological polar surface area (TPSA) is 59.4 Å². The van der Waals surface area contributed by atoms with E-state index in [1.807, 2.05) is 17.4 Å². The number of hydrogen-bond donors (Lipinski definition) is 1. The number of imidazole rings is 1. The van der Waals surface area contributed by atoms with Crippen molar-refractivity contribution in [3.05, 3.63) is 18.2 Å². The van der Waals surface area contributed by atoms with Gasteiger partial charge in [-0.3, -0.25) is 0 Å². The molecule has 2 amide bonds. The van der Waals surface area contributed by atoms with Gasteiger partial charge in [-0.2, -0.15) is 0 Å². The van der Waals surface area contributed by atoms with E-state index < -0.39 is 0 Å². The number of hydrogen-bond acceptors (Lipinski definition) is 3. The van der Waals surface area contributed by atoms with Crippen LogP contribution in [0.25, 0.3) is 0 Å². The monoisotopic (exact) mass is 348 g/mol. The maximum atomic E-state index is 12.6. The van der Waals surface area contributed by atoms with Gasteiger partial charge in [0.1, 0.15) is 0 Å². The minimum Gasteiger partial charge on any atom is -0.381 e. The van der Waals surface area contributed by atoms with Crippen molar-refractivity contribution in [3.63, 3.8) is 0 Å². The zero-order valence-corrected chi connectivity index (χ0v) is 16.0. The number of carbonyl (C=O) groups is 1. The molecule has 1 N–H and O–H groups in total. The SMILES string of the molecule is COC1CC(CNC(=O)N2CCCC(c3cncn3C(C)(C)C)C2)C1. The van der Waals surface area contributed by atoms with Gasteiger partial charge in [-0.05, 0) is 52.4 Å². The van der Waals surface area contributed by atoms with Crippen LogP contribution in [-0.4, -0.2) is 53.3 Å². The van der Waals surface area contributed by atoms with Gasteiger partial charge in [-0.25, -0.2) is 9.78 Å². The Bertz CT molecular complexity index is 586. The van der Waals surface area contributed by atoms with Gasteiger partial charge in [0.2, 0.25) is 0 Å². The van der Waals surface area contributed by atoms with Gasteiger partial charge in [0.15, 0.2) is 0 Å². The minimum absolute atomic E-state index is 0.0124. The molecule has 2 aliphatic rings. The molecule has 6 heteroatoms. The predicted octanol–water partition coefficient (Wildman–Crippen LogP) is 2.95. The second kappa shape index (κ2) is 7.36. The average Bonchev–Trinajstić information content (AvgIpc) is 3.03. The Hall–Kier alpha value is -1.56. The molecule has 2 heterocycles. The number of piperidine rings is 1. The second-order valence-corrected chi connectivity index (χ2v) is 8.53. The molecule has 0 radical (unpaired) electrons. The van der Waals surface area contributed by atoms with E-state index >= 15 is 0 Å². The van der Waals surface area contributed by atoms with Crippen molar-refractivity contribution >= 4 is 6.03 Å². The second-order valence-electron chi connectivity index (χ2n) is 8.53. The van der Waals surface area contributed by atoms with Crippen LogP contribution in [0, 0.1) is 5.92 Å². The number of carbonyl (C=O) groups excluding carboxylic acids is 1. The van der Waals surface area contributed by atoms with Crippen molar-refractivity contribution < 1.29 is 9.53 Å². The first kappa shape index (κ1) is 18.2. The Morgan fingerprint density at radius 1 is 1.40 bits per heavy atom. The molecule has 1 aromatic rings. The molecular weight excluding hydrogens is 316 g/mol. The lowest BCUT2D eigenvalue weighted by atomic mass is 9.82. The number of aromatic nitrogens is 2. The fourth-order valence-corrected chi connectivity index (χ4v) is 3.95. The van der Waals surface area contributed by atoms with Gasteiger partial charge in [0.05, 0.1) is 12.4 Å². The third kappa shape index (κ3) is 4.17. The highest BCUT2D eigenvalue weighted by atomic mass is 16.5. The zero-order valence-electron chi connectivity index (χ0n) is 16.0. The van der Waals surface area contributed by atoms with Gasteiger partial charge in [0, 0.05) is 50.1 Å². The predicted molar refractivity (Wildman–Crippen MR) is 97.7 cm³/mol. The highest BCUT2D eigenvalue weighted by molar-refractivity contribution is 5.74. The van der Waals surface area contributed by atoms with Crippen molar-refractivity contribution in [2.45, 2.75) is 64.0 Å². The molecule has 3 rings (SSSR count). The highest BCUT2D eigenvalue weighted by Gasteiger charge is 2.31. The summed E-state index contributed by atoms with van der Waals surface area (Å²) < 4.78 is 7.55. The summed E-state index contributed by atoms with van der Waals surface area (Å²) in [7, 11) is 1.76. The Morgan fingerprint density at radius 3 is 2.84 bits per heavy atom. The first-order valence-electron chi connectivity index (χ1n) is 9.46. The molecular formula is C19H32N4O2. The molecule has 2 fully saturated rings. The minimum atomic E-state index is 0.0124. The number of amides is 2. The molecule has 1 aliphatic carbocycles. The normalized spacial score (nSPS) is 27.0. The van der Waals surface area contributed by atoms with Crippen molar-refractivity contribution in [3.8, 4) is 0 Å². The van der Waals surface area contributed by atoms with Gasteiger partial charge >= 0.3 is 6.03 Å². The van der Waals surface area contributed by atoms with Gasteiger partial charge in [-0.1, -0.05) is 0 Å². The van der Waals surface area contributed by atoms with E-state index in [1.165, 1.54) is 5.69 Å². The van der Waals surface area contributed by atoms with E-state index in [4.69, 9.17) is 4.74 Å². The lowest BCUT2D eigenvalue weighted by Crippen LogP contribution is -2.48. The van der Waals surface area contributed by atoms with Crippen LogP contribution < -0.4 is 5.32 Å². The highest BCUT2D eigenvalue weighted by Crippen LogP contribution is 2.31. The molecule has 0 aromatic carbocycles. The van der Waals surface area contributed by atoms with E-state index in [0.717, 1.165) is 45.3 Å². The van der Waals surface area contributed by atoms with E-state index in [9.17, 15) is 4.79 Å². The van der Waals surface area contributed by atoms with Crippen LogP contribution in [0.4, 0.5) is 4.79 Å². The quantitative estimate of drug-likeness (QED) is 0.910. The van der Waals surface area contributed by atoms with Crippen molar-refractivity contribution in [2.24, 2.45) is 5.92 Å². The number of rotatable bonds is 4. The van der Waals surface area contributed by atoms with Crippen LogP contribution in [0.2, 0.25) is 0 Å². The molecule has 1 saturated heterocycles. The lowest BCUT2D eigenvalue weighted by Gasteiger charge is -2.37. The Kier molecular flexibility index (Phi) is 5.37. The Balaban J connectivity index is 1.54. The molecule has 1 aliphatic heterocycles. The standard InChI is InChI=1S/C19H32N4O2/c1-19(2,3)23-13-20-11-17(23)15-6-5-7-22(12-15)18(24)21-10-14-8-16(9-14)25-4/h11,13-16H,5-10,12H2,1-4H3,(H,21,24). The molecule has 0 bridgehead atoms. The van der Waals surface area contributed by atoms with Gasteiger partial charge < -0.3 is 19.5 Å². The summed E-state index contributed by atoms with van der Waals surface area (Å²) in [4.78, 5) is 18.9. The third-order valence-electron chi connectivity index (χ3n) is 5.58. The molecule has 1 atom stereocenters. The fourth-order valence-electron chi connectivity index (χ4n) is 3.95.